The number of nitrogens with zero attached hydrogens (tertiary/aromatic N) is 2. The lowest BCUT2D eigenvalue weighted by Gasteiger charge is -1.99. The van der Waals surface area contributed by atoms with Crippen LogP contribution in [0.5, 0.6) is 0 Å². The van der Waals surface area contributed by atoms with Crippen molar-refractivity contribution in [2.45, 2.75) is 5.75 Å². The van der Waals surface area contributed by atoms with Crippen LogP contribution in [0.2, 0.25) is 5.15 Å². The van der Waals surface area contributed by atoms with Crippen LogP contribution >= 0.6 is 34.2 Å². The van der Waals surface area contributed by atoms with Crippen LogP contribution in [0.1, 0.15) is 5.82 Å². The molecule has 0 bridgehead atoms. The molecule has 0 atom stereocenters. The molecule has 1 heterocycles. The van der Waals surface area contributed by atoms with Gasteiger partial charge in [0.1, 0.15) is 16.7 Å². The molecule has 0 saturated heterocycles. The second-order valence-corrected chi connectivity index (χ2v) is 6.16. The summed E-state index contributed by atoms with van der Waals surface area (Å²) in [6.07, 6.45) is 2.62. The molecule has 0 spiro atoms. The summed E-state index contributed by atoms with van der Waals surface area (Å²) in [4.78, 5) is 7.67. The largest absolute Gasteiger partial charge is 0.239 e. The molecule has 0 aliphatic carbocycles. The maximum atomic E-state index is 10.9. The highest BCUT2D eigenvalue weighted by Crippen LogP contribution is 2.14. The zero-order chi connectivity index (χ0) is 10.1. The van der Waals surface area contributed by atoms with Gasteiger partial charge in [-0.1, -0.05) is 11.6 Å². The van der Waals surface area contributed by atoms with E-state index in [1.165, 1.54) is 6.20 Å². The van der Waals surface area contributed by atoms with E-state index >= 15 is 0 Å². The lowest BCUT2D eigenvalue weighted by molar-refractivity contribution is 0.599. The van der Waals surface area contributed by atoms with E-state index in [-0.39, 0.29) is 16.7 Å². The Labute approximate surface area is 94.8 Å². The molecule has 4 nitrogen and oxygen atoms in total. The van der Waals surface area contributed by atoms with Crippen molar-refractivity contribution in [1.82, 2.24) is 9.97 Å². The second kappa shape index (κ2) is 4.05. The molecule has 13 heavy (non-hydrogen) atoms. The first kappa shape index (κ1) is 11.1. The van der Waals surface area contributed by atoms with Gasteiger partial charge in [-0.15, -0.1) is 0 Å². The lowest BCUT2D eigenvalue weighted by atomic mass is 10.6. The molecule has 0 aliphatic rings. The molecule has 0 amide bonds. The minimum atomic E-state index is -3.09. The Morgan fingerprint density at radius 3 is 2.69 bits per heavy atom. The SMILES string of the molecule is CS(=O)(=O)Cc1ncc(I)c(Cl)n1. The van der Waals surface area contributed by atoms with Crippen LogP contribution in [0.15, 0.2) is 6.20 Å². The standard InChI is InChI=1S/C6H6ClIN2O2S/c1-13(11,12)3-5-9-2-4(8)6(7)10-5/h2H,3H2,1H3. The van der Waals surface area contributed by atoms with Gasteiger partial charge >= 0.3 is 0 Å². The molecule has 0 aromatic carbocycles. The third-order valence-corrected chi connectivity index (χ3v) is 3.32. The molecule has 72 valence electrons. The smallest absolute Gasteiger partial charge is 0.154 e. The van der Waals surface area contributed by atoms with Crippen LogP contribution < -0.4 is 0 Å². The Balaban J connectivity index is 2.99. The van der Waals surface area contributed by atoms with Crippen molar-refractivity contribution < 1.29 is 8.42 Å². The van der Waals surface area contributed by atoms with Crippen molar-refractivity contribution in [3.8, 4) is 0 Å². The fourth-order valence-electron chi connectivity index (χ4n) is 0.684. The quantitative estimate of drug-likeness (QED) is 0.605. The van der Waals surface area contributed by atoms with Gasteiger partial charge in [-0.3, -0.25) is 0 Å². The highest BCUT2D eigenvalue weighted by atomic mass is 127. The Morgan fingerprint density at radius 2 is 2.23 bits per heavy atom. The molecule has 1 rings (SSSR count). The van der Waals surface area contributed by atoms with Crippen LogP contribution in [0.4, 0.5) is 0 Å². The first-order valence-electron chi connectivity index (χ1n) is 3.23. The molecule has 0 aliphatic heterocycles. The van der Waals surface area contributed by atoms with E-state index < -0.39 is 9.84 Å². The molecule has 0 fully saturated rings. The monoisotopic (exact) mass is 332 g/mol. The molecule has 7 heteroatoms. The van der Waals surface area contributed by atoms with E-state index in [0.29, 0.717) is 3.57 Å². The van der Waals surface area contributed by atoms with E-state index in [0.717, 1.165) is 6.26 Å². The third kappa shape index (κ3) is 3.74. The summed E-state index contributed by atoms with van der Waals surface area (Å²) in [7, 11) is -3.09. The fraction of sp³-hybridized carbons (Fsp3) is 0.333. The van der Waals surface area contributed by atoms with Gasteiger partial charge in [0.15, 0.2) is 9.84 Å². The van der Waals surface area contributed by atoms with Gasteiger partial charge in [-0.05, 0) is 22.6 Å². The predicted molar refractivity (Wildman–Crippen MR) is 58.3 cm³/mol. The van der Waals surface area contributed by atoms with Crippen molar-refractivity contribution in [3.05, 3.63) is 20.7 Å². The summed E-state index contributed by atoms with van der Waals surface area (Å²) in [6, 6.07) is 0. The second-order valence-electron chi connectivity index (χ2n) is 2.50. The van der Waals surface area contributed by atoms with Gasteiger partial charge in [0, 0.05) is 12.5 Å². The lowest BCUT2D eigenvalue weighted by Crippen LogP contribution is -2.05. The Morgan fingerprint density at radius 1 is 1.62 bits per heavy atom. The van der Waals surface area contributed by atoms with Crippen LogP contribution in [0, 0.1) is 3.57 Å². The minimum Gasteiger partial charge on any atom is -0.239 e. The van der Waals surface area contributed by atoms with Crippen LogP contribution in [-0.4, -0.2) is 24.6 Å². The van der Waals surface area contributed by atoms with Gasteiger partial charge < -0.3 is 0 Å². The van der Waals surface area contributed by atoms with Gasteiger partial charge in [0.05, 0.1) is 3.57 Å². The van der Waals surface area contributed by atoms with E-state index in [1.54, 1.807) is 0 Å². The van der Waals surface area contributed by atoms with Crippen LogP contribution in [0.3, 0.4) is 0 Å². The summed E-state index contributed by atoms with van der Waals surface area (Å²) < 4.78 is 22.4. The molecule has 1 aromatic rings. The van der Waals surface area contributed by atoms with Crippen molar-refractivity contribution in [3.63, 3.8) is 0 Å². The van der Waals surface area contributed by atoms with Crippen LogP contribution in [-0.2, 0) is 15.6 Å². The third-order valence-electron chi connectivity index (χ3n) is 1.14. The van der Waals surface area contributed by atoms with Crippen molar-refractivity contribution in [2.24, 2.45) is 0 Å². The number of hydrogen-bond donors (Lipinski definition) is 0. The zero-order valence-corrected chi connectivity index (χ0v) is 10.4. The first-order valence-corrected chi connectivity index (χ1v) is 6.75. The van der Waals surface area contributed by atoms with Crippen molar-refractivity contribution in [2.75, 3.05) is 6.26 Å². The molecule has 0 radical (unpaired) electrons. The van der Waals surface area contributed by atoms with Gasteiger partial charge in [-0.2, -0.15) is 0 Å². The maximum absolute atomic E-state index is 10.9. The predicted octanol–water partition coefficient (Wildman–Crippen LogP) is 1.28. The molecular formula is C6H6ClIN2O2S. The molecule has 0 N–H and O–H groups in total. The summed E-state index contributed by atoms with van der Waals surface area (Å²) in [5.74, 6) is 0.0526. The average molecular weight is 333 g/mol. The summed E-state index contributed by atoms with van der Waals surface area (Å²) in [6.45, 7) is 0. The van der Waals surface area contributed by atoms with E-state index in [2.05, 4.69) is 9.97 Å². The van der Waals surface area contributed by atoms with Crippen LogP contribution in [0.25, 0.3) is 0 Å². The molecular weight excluding hydrogens is 327 g/mol. The maximum Gasteiger partial charge on any atom is 0.154 e. The number of hydrogen-bond acceptors (Lipinski definition) is 4. The number of halogens is 2. The van der Waals surface area contributed by atoms with Crippen molar-refractivity contribution in [1.29, 1.82) is 0 Å². The topological polar surface area (TPSA) is 59.9 Å². The Bertz CT molecular complexity index is 421. The van der Waals surface area contributed by atoms with E-state index in [4.69, 9.17) is 11.6 Å². The summed E-state index contributed by atoms with van der Waals surface area (Å²) >= 11 is 7.66. The van der Waals surface area contributed by atoms with E-state index in [1.807, 2.05) is 22.6 Å². The molecule has 0 unspecified atom stereocenters. The average Bonchev–Trinajstić information content (AvgIpc) is 1.94. The van der Waals surface area contributed by atoms with Gasteiger partial charge in [-0.25, -0.2) is 18.4 Å². The molecule has 0 saturated carbocycles. The Kier molecular flexibility index (Phi) is 3.47. The highest BCUT2D eigenvalue weighted by Gasteiger charge is 2.08. The fourth-order valence-corrected chi connectivity index (χ4v) is 1.70. The minimum absolute atomic E-state index is 0.177. The zero-order valence-electron chi connectivity index (χ0n) is 6.66. The Hall–Kier alpha value is 0.0500. The highest BCUT2D eigenvalue weighted by molar-refractivity contribution is 14.1. The number of sulfone groups is 1. The number of aromatic nitrogens is 2. The van der Waals surface area contributed by atoms with Gasteiger partial charge in [0.2, 0.25) is 0 Å². The van der Waals surface area contributed by atoms with Gasteiger partial charge in [0.25, 0.3) is 0 Å². The summed E-state index contributed by atoms with van der Waals surface area (Å²) in [5.41, 5.74) is 0. The van der Waals surface area contributed by atoms with E-state index in [9.17, 15) is 8.42 Å². The molecule has 1 aromatic heterocycles. The first-order chi connectivity index (χ1) is 5.88. The normalized spacial score (nSPS) is 11.6. The summed E-state index contributed by atoms with van der Waals surface area (Å²) in [5, 5.41) is 0.286. The van der Waals surface area contributed by atoms with Crippen molar-refractivity contribution >= 4 is 44.0 Å². The number of rotatable bonds is 2.